The first-order valence-electron chi connectivity index (χ1n) is 7.51. The quantitative estimate of drug-likeness (QED) is 0.737. The van der Waals surface area contributed by atoms with Crippen LogP contribution in [-0.2, 0) is 6.54 Å². The molecular weight excluding hydrogens is 356 g/mol. The maximum absolute atomic E-state index is 10.2. The van der Waals surface area contributed by atoms with Gasteiger partial charge >= 0.3 is 0 Å². The molecule has 0 aliphatic heterocycles. The lowest BCUT2D eigenvalue weighted by atomic mass is 10.1. The van der Waals surface area contributed by atoms with Gasteiger partial charge in [-0.3, -0.25) is 0 Å². The fraction of sp³-hybridized carbons (Fsp3) is 0.278. The molecule has 1 unspecified atom stereocenters. The molecule has 0 spiro atoms. The van der Waals surface area contributed by atoms with Gasteiger partial charge in [-0.05, 0) is 61.4 Å². The van der Waals surface area contributed by atoms with Crippen molar-refractivity contribution in [3.05, 3.63) is 58.3 Å². The van der Waals surface area contributed by atoms with Crippen molar-refractivity contribution in [2.75, 3.05) is 6.61 Å². The molecule has 0 aliphatic rings. The molecule has 1 aromatic heterocycles. The summed E-state index contributed by atoms with van der Waals surface area (Å²) >= 11 is 3.38. The highest BCUT2D eigenvalue weighted by Gasteiger charge is 2.10. The van der Waals surface area contributed by atoms with E-state index < -0.39 is 6.10 Å². The number of nitrogens with zero attached hydrogens (tertiary/aromatic N) is 2. The topological polar surface area (TPSA) is 47.3 Å². The molecule has 1 N–H and O–H groups in total. The number of fused-ring (bicyclic) bond motifs is 1. The standard InChI is InChI=1S/C18H19BrN2O2/c1-12-7-17-18(8-13(12)2)21(11-20-17)9-15(22)10-23-16-5-3-14(19)4-6-16/h3-8,11,15,22H,9-10H2,1-2H3. The third-order valence-corrected chi connectivity index (χ3v) is 4.43. The summed E-state index contributed by atoms with van der Waals surface area (Å²) in [7, 11) is 0. The van der Waals surface area contributed by atoms with Crippen LogP contribution in [0.25, 0.3) is 11.0 Å². The van der Waals surface area contributed by atoms with Gasteiger partial charge in [0.05, 0.1) is 23.9 Å². The third-order valence-electron chi connectivity index (χ3n) is 3.90. The lowest BCUT2D eigenvalue weighted by molar-refractivity contribution is 0.0934. The number of ether oxygens (including phenoxy) is 1. The second-order valence-electron chi connectivity index (χ2n) is 5.74. The van der Waals surface area contributed by atoms with Gasteiger partial charge < -0.3 is 14.4 Å². The molecule has 3 rings (SSSR count). The SMILES string of the molecule is Cc1cc2ncn(CC(O)COc3ccc(Br)cc3)c2cc1C. The van der Waals surface area contributed by atoms with Crippen LogP contribution in [0.2, 0.25) is 0 Å². The summed E-state index contributed by atoms with van der Waals surface area (Å²) < 4.78 is 8.59. The predicted octanol–water partition coefficient (Wildman–Crippen LogP) is 3.86. The monoisotopic (exact) mass is 374 g/mol. The predicted molar refractivity (Wildman–Crippen MR) is 94.9 cm³/mol. The Balaban J connectivity index is 1.67. The van der Waals surface area contributed by atoms with Gasteiger partial charge in [0, 0.05) is 4.47 Å². The first-order valence-corrected chi connectivity index (χ1v) is 8.31. The van der Waals surface area contributed by atoms with E-state index in [2.05, 4.69) is 46.9 Å². The maximum atomic E-state index is 10.2. The molecule has 0 radical (unpaired) electrons. The summed E-state index contributed by atoms with van der Waals surface area (Å²) in [5.41, 5.74) is 4.44. The Hall–Kier alpha value is -1.85. The van der Waals surface area contributed by atoms with Gasteiger partial charge in [-0.15, -0.1) is 0 Å². The molecule has 3 aromatic rings. The highest BCUT2D eigenvalue weighted by atomic mass is 79.9. The van der Waals surface area contributed by atoms with E-state index in [1.807, 2.05) is 28.8 Å². The Morgan fingerprint density at radius 3 is 2.61 bits per heavy atom. The largest absolute Gasteiger partial charge is 0.491 e. The lowest BCUT2D eigenvalue weighted by Crippen LogP contribution is -2.23. The van der Waals surface area contributed by atoms with E-state index in [1.54, 1.807) is 6.33 Å². The molecule has 1 heterocycles. The molecule has 0 fully saturated rings. The Labute approximate surface area is 143 Å². The number of aryl methyl sites for hydroxylation is 2. The van der Waals surface area contributed by atoms with E-state index in [0.29, 0.717) is 6.54 Å². The number of hydrogen-bond acceptors (Lipinski definition) is 3. The van der Waals surface area contributed by atoms with Crippen LogP contribution in [0.1, 0.15) is 11.1 Å². The van der Waals surface area contributed by atoms with Crippen LogP contribution in [-0.4, -0.2) is 27.4 Å². The maximum Gasteiger partial charge on any atom is 0.119 e. The summed E-state index contributed by atoms with van der Waals surface area (Å²) in [6.45, 7) is 4.86. The minimum atomic E-state index is -0.599. The summed E-state index contributed by atoms with van der Waals surface area (Å²) in [5.74, 6) is 0.745. The number of aromatic nitrogens is 2. The second-order valence-corrected chi connectivity index (χ2v) is 6.66. The van der Waals surface area contributed by atoms with E-state index >= 15 is 0 Å². The average molecular weight is 375 g/mol. The Morgan fingerprint density at radius 2 is 1.87 bits per heavy atom. The molecule has 2 aromatic carbocycles. The molecule has 0 bridgehead atoms. The number of rotatable bonds is 5. The van der Waals surface area contributed by atoms with Crippen LogP contribution in [0.5, 0.6) is 5.75 Å². The molecular formula is C18H19BrN2O2. The molecule has 0 aliphatic carbocycles. The summed E-state index contributed by atoms with van der Waals surface area (Å²) in [5, 5.41) is 10.2. The van der Waals surface area contributed by atoms with Crippen LogP contribution in [0.3, 0.4) is 0 Å². The molecule has 23 heavy (non-hydrogen) atoms. The van der Waals surface area contributed by atoms with Crippen molar-refractivity contribution < 1.29 is 9.84 Å². The number of aliphatic hydroxyl groups is 1. The smallest absolute Gasteiger partial charge is 0.119 e. The first-order chi connectivity index (χ1) is 11.0. The summed E-state index contributed by atoms with van der Waals surface area (Å²) in [6, 6.07) is 11.8. The van der Waals surface area contributed by atoms with Crippen LogP contribution in [0.4, 0.5) is 0 Å². The van der Waals surface area contributed by atoms with Gasteiger partial charge in [0.15, 0.2) is 0 Å². The molecule has 120 valence electrons. The van der Waals surface area contributed by atoms with Gasteiger partial charge in [0.25, 0.3) is 0 Å². The number of aliphatic hydroxyl groups excluding tert-OH is 1. The highest BCUT2D eigenvalue weighted by Crippen LogP contribution is 2.19. The van der Waals surface area contributed by atoms with E-state index in [1.165, 1.54) is 11.1 Å². The second kappa shape index (κ2) is 6.72. The molecule has 0 amide bonds. The molecule has 4 nitrogen and oxygen atoms in total. The van der Waals surface area contributed by atoms with Gasteiger partial charge in [-0.25, -0.2) is 4.98 Å². The Kier molecular flexibility index (Phi) is 4.68. The Morgan fingerprint density at radius 1 is 1.17 bits per heavy atom. The van der Waals surface area contributed by atoms with Gasteiger partial charge in [0.2, 0.25) is 0 Å². The normalized spacial score (nSPS) is 12.5. The Bertz CT molecular complexity index is 812. The average Bonchev–Trinajstić information content (AvgIpc) is 2.89. The number of halogens is 1. The van der Waals surface area contributed by atoms with E-state index in [4.69, 9.17) is 4.74 Å². The van der Waals surface area contributed by atoms with Crippen molar-refractivity contribution in [3.63, 3.8) is 0 Å². The van der Waals surface area contributed by atoms with Crippen molar-refractivity contribution >= 4 is 27.0 Å². The number of hydrogen-bond donors (Lipinski definition) is 1. The summed E-state index contributed by atoms with van der Waals surface area (Å²) in [6.07, 6.45) is 1.17. The zero-order valence-electron chi connectivity index (χ0n) is 13.2. The minimum absolute atomic E-state index is 0.242. The lowest BCUT2D eigenvalue weighted by Gasteiger charge is -2.14. The van der Waals surface area contributed by atoms with Crippen molar-refractivity contribution in [2.45, 2.75) is 26.5 Å². The molecule has 0 saturated carbocycles. The van der Waals surface area contributed by atoms with Gasteiger partial charge in [-0.1, -0.05) is 15.9 Å². The number of benzene rings is 2. The zero-order valence-corrected chi connectivity index (χ0v) is 14.7. The van der Waals surface area contributed by atoms with Crippen molar-refractivity contribution in [1.82, 2.24) is 9.55 Å². The fourth-order valence-corrected chi connectivity index (χ4v) is 2.73. The van der Waals surface area contributed by atoms with Crippen LogP contribution < -0.4 is 4.74 Å². The zero-order chi connectivity index (χ0) is 16.4. The number of imidazole rings is 1. The van der Waals surface area contributed by atoms with Crippen LogP contribution in [0.15, 0.2) is 47.2 Å². The summed E-state index contributed by atoms with van der Waals surface area (Å²) in [4.78, 5) is 4.41. The van der Waals surface area contributed by atoms with E-state index in [-0.39, 0.29) is 6.61 Å². The van der Waals surface area contributed by atoms with Crippen molar-refractivity contribution in [1.29, 1.82) is 0 Å². The van der Waals surface area contributed by atoms with Crippen molar-refractivity contribution in [3.8, 4) is 5.75 Å². The highest BCUT2D eigenvalue weighted by molar-refractivity contribution is 9.10. The van der Waals surface area contributed by atoms with Gasteiger partial charge in [0.1, 0.15) is 18.5 Å². The fourth-order valence-electron chi connectivity index (χ4n) is 2.46. The minimum Gasteiger partial charge on any atom is -0.491 e. The van der Waals surface area contributed by atoms with Crippen molar-refractivity contribution in [2.24, 2.45) is 0 Å². The first kappa shape index (κ1) is 16.0. The van der Waals surface area contributed by atoms with E-state index in [9.17, 15) is 5.11 Å². The van der Waals surface area contributed by atoms with Gasteiger partial charge in [-0.2, -0.15) is 0 Å². The third kappa shape index (κ3) is 3.74. The molecule has 5 heteroatoms. The van der Waals surface area contributed by atoms with Crippen LogP contribution in [0, 0.1) is 13.8 Å². The van der Waals surface area contributed by atoms with E-state index in [0.717, 1.165) is 21.3 Å². The molecule has 0 saturated heterocycles. The molecule has 1 atom stereocenters. The van der Waals surface area contributed by atoms with Crippen LogP contribution >= 0.6 is 15.9 Å².